The number of para-hydroxylation sites is 1. The number of hydrogen-bond acceptors (Lipinski definition) is 3. The van der Waals surface area contributed by atoms with Crippen LogP contribution in [-0.2, 0) is 9.84 Å². The minimum Gasteiger partial charge on any atom is -0.381 e. The molecule has 0 unspecified atom stereocenters. The Labute approximate surface area is 126 Å². The van der Waals surface area contributed by atoms with Crippen LogP contribution in [0.3, 0.4) is 0 Å². The first-order valence-electron chi connectivity index (χ1n) is 6.72. The van der Waals surface area contributed by atoms with Crippen molar-refractivity contribution in [1.29, 1.82) is 0 Å². The molecule has 0 atom stereocenters. The molecule has 2 aromatic carbocycles. The summed E-state index contributed by atoms with van der Waals surface area (Å²) in [5.41, 5.74) is 2.63. The predicted molar refractivity (Wildman–Crippen MR) is 87.3 cm³/mol. The molecule has 21 heavy (non-hydrogen) atoms. The monoisotopic (exact) mass is 301 g/mol. The molecule has 0 saturated carbocycles. The molecule has 110 valence electrons. The predicted octanol–water partition coefficient (Wildman–Crippen LogP) is 3.44. The van der Waals surface area contributed by atoms with Crippen LogP contribution in [0.25, 0.3) is 0 Å². The van der Waals surface area contributed by atoms with Crippen LogP contribution in [0.15, 0.2) is 71.6 Å². The largest absolute Gasteiger partial charge is 0.381 e. The second-order valence-corrected chi connectivity index (χ2v) is 7.03. The van der Waals surface area contributed by atoms with Crippen molar-refractivity contribution in [2.45, 2.75) is 11.8 Å². The third kappa shape index (κ3) is 4.46. The van der Waals surface area contributed by atoms with E-state index in [9.17, 15) is 8.42 Å². The molecule has 0 saturated heterocycles. The van der Waals surface area contributed by atoms with Gasteiger partial charge in [0.2, 0.25) is 0 Å². The number of rotatable bonds is 6. The van der Waals surface area contributed by atoms with E-state index in [0.717, 1.165) is 11.3 Å². The smallest absolute Gasteiger partial charge is 0.182 e. The van der Waals surface area contributed by atoms with Crippen LogP contribution in [0.2, 0.25) is 0 Å². The number of sulfone groups is 1. The van der Waals surface area contributed by atoms with E-state index in [0.29, 0.717) is 17.0 Å². The highest BCUT2D eigenvalue weighted by atomic mass is 32.2. The Balaban J connectivity index is 1.97. The van der Waals surface area contributed by atoms with E-state index in [1.54, 1.807) is 24.3 Å². The normalized spacial score (nSPS) is 11.1. The minimum absolute atomic E-state index is 0.0457. The molecule has 1 N–H and O–H groups in total. The number of aryl methyl sites for hydroxylation is 1. The van der Waals surface area contributed by atoms with E-state index in [-0.39, 0.29) is 5.75 Å². The van der Waals surface area contributed by atoms with Crippen molar-refractivity contribution < 1.29 is 8.42 Å². The summed E-state index contributed by atoms with van der Waals surface area (Å²) in [7, 11) is -3.32. The lowest BCUT2D eigenvalue weighted by Gasteiger charge is -2.10. The molecule has 0 aromatic heterocycles. The molecule has 0 amide bonds. The van der Waals surface area contributed by atoms with Gasteiger partial charge in [-0.3, -0.25) is 0 Å². The Morgan fingerprint density at radius 3 is 2.29 bits per heavy atom. The van der Waals surface area contributed by atoms with Gasteiger partial charge in [0, 0.05) is 12.2 Å². The Kier molecular flexibility index (Phi) is 4.81. The number of anilines is 1. The summed E-state index contributed by atoms with van der Waals surface area (Å²) >= 11 is 0. The van der Waals surface area contributed by atoms with Gasteiger partial charge in [0.15, 0.2) is 9.84 Å². The number of hydrogen-bond donors (Lipinski definition) is 1. The molecule has 0 spiro atoms. The zero-order chi connectivity index (χ0) is 15.3. The van der Waals surface area contributed by atoms with Crippen molar-refractivity contribution in [2.75, 3.05) is 17.6 Å². The molecule has 0 aliphatic carbocycles. The lowest BCUT2D eigenvalue weighted by Crippen LogP contribution is -2.14. The summed E-state index contributed by atoms with van der Waals surface area (Å²) in [5, 5.41) is 3.16. The SMILES string of the molecule is C=C(CNc1ccccc1)CS(=O)(=O)c1ccc(C)cc1. The Morgan fingerprint density at radius 1 is 1.05 bits per heavy atom. The zero-order valence-corrected chi connectivity index (χ0v) is 12.9. The molecule has 0 aliphatic heterocycles. The molecule has 2 rings (SSSR count). The highest BCUT2D eigenvalue weighted by Crippen LogP contribution is 2.15. The minimum atomic E-state index is -3.32. The van der Waals surface area contributed by atoms with E-state index >= 15 is 0 Å². The van der Waals surface area contributed by atoms with E-state index < -0.39 is 9.84 Å². The molecule has 3 nitrogen and oxygen atoms in total. The lowest BCUT2D eigenvalue weighted by molar-refractivity contribution is 0.598. The van der Waals surface area contributed by atoms with Crippen molar-refractivity contribution in [1.82, 2.24) is 0 Å². The maximum absolute atomic E-state index is 12.3. The summed E-state index contributed by atoms with van der Waals surface area (Å²) in [6, 6.07) is 16.5. The van der Waals surface area contributed by atoms with Gasteiger partial charge in [0.1, 0.15) is 0 Å². The van der Waals surface area contributed by atoms with Crippen LogP contribution in [0.5, 0.6) is 0 Å². The average Bonchev–Trinajstić information content (AvgIpc) is 2.46. The van der Waals surface area contributed by atoms with Crippen molar-refractivity contribution in [3.63, 3.8) is 0 Å². The molecular formula is C17H19NO2S. The Bertz CT molecular complexity index is 704. The van der Waals surface area contributed by atoms with Gasteiger partial charge in [-0.25, -0.2) is 8.42 Å². The fraction of sp³-hybridized carbons (Fsp3) is 0.176. The van der Waals surface area contributed by atoms with Gasteiger partial charge >= 0.3 is 0 Å². The van der Waals surface area contributed by atoms with Crippen LogP contribution in [-0.4, -0.2) is 20.7 Å². The summed E-state index contributed by atoms with van der Waals surface area (Å²) in [6.45, 7) is 6.23. The molecule has 0 aliphatic rings. The molecule has 4 heteroatoms. The fourth-order valence-electron chi connectivity index (χ4n) is 1.93. The van der Waals surface area contributed by atoms with Crippen molar-refractivity contribution in [3.8, 4) is 0 Å². The van der Waals surface area contributed by atoms with Gasteiger partial charge in [-0.15, -0.1) is 0 Å². The number of nitrogens with one attached hydrogen (secondary N) is 1. The summed E-state index contributed by atoms with van der Waals surface area (Å²) in [5.74, 6) is -0.0457. The molecule has 0 fully saturated rings. The van der Waals surface area contributed by atoms with Crippen LogP contribution in [0, 0.1) is 6.92 Å². The summed E-state index contributed by atoms with van der Waals surface area (Å²) < 4.78 is 24.6. The third-order valence-corrected chi connectivity index (χ3v) is 4.87. The van der Waals surface area contributed by atoms with Gasteiger partial charge in [-0.05, 0) is 36.8 Å². The molecule has 0 bridgehead atoms. The molecule has 2 aromatic rings. The van der Waals surface area contributed by atoms with Gasteiger partial charge in [-0.1, -0.05) is 42.5 Å². The Hall–Kier alpha value is -2.07. The summed E-state index contributed by atoms with van der Waals surface area (Å²) in [6.07, 6.45) is 0. The zero-order valence-electron chi connectivity index (χ0n) is 12.0. The first-order valence-corrected chi connectivity index (χ1v) is 8.37. The summed E-state index contributed by atoms with van der Waals surface area (Å²) in [4.78, 5) is 0.342. The third-order valence-electron chi connectivity index (χ3n) is 3.09. The van der Waals surface area contributed by atoms with Gasteiger partial charge in [0.05, 0.1) is 10.6 Å². The van der Waals surface area contributed by atoms with Crippen molar-refractivity contribution in [2.24, 2.45) is 0 Å². The maximum atomic E-state index is 12.3. The van der Waals surface area contributed by atoms with Crippen molar-refractivity contribution in [3.05, 3.63) is 72.3 Å². The van der Waals surface area contributed by atoms with Gasteiger partial charge < -0.3 is 5.32 Å². The topological polar surface area (TPSA) is 46.2 Å². The highest BCUT2D eigenvalue weighted by molar-refractivity contribution is 7.91. The van der Waals surface area contributed by atoms with E-state index in [1.165, 1.54) is 0 Å². The number of benzene rings is 2. The second kappa shape index (κ2) is 6.59. The molecule has 0 radical (unpaired) electrons. The van der Waals surface area contributed by atoms with E-state index in [1.807, 2.05) is 37.3 Å². The van der Waals surface area contributed by atoms with Crippen LogP contribution in [0.1, 0.15) is 5.56 Å². The van der Waals surface area contributed by atoms with Crippen LogP contribution in [0.4, 0.5) is 5.69 Å². The first kappa shape index (κ1) is 15.3. The average molecular weight is 301 g/mol. The second-order valence-electron chi connectivity index (χ2n) is 5.04. The maximum Gasteiger partial charge on any atom is 0.182 e. The standard InChI is InChI=1S/C17H19NO2S/c1-14-8-10-17(11-9-14)21(19,20)13-15(2)12-18-16-6-4-3-5-7-16/h3-11,18H,2,12-13H2,1H3. The van der Waals surface area contributed by atoms with E-state index in [2.05, 4.69) is 11.9 Å². The Morgan fingerprint density at radius 2 is 1.67 bits per heavy atom. The molecular weight excluding hydrogens is 282 g/mol. The van der Waals surface area contributed by atoms with Crippen LogP contribution >= 0.6 is 0 Å². The van der Waals surface area contributed by atoms with Gasteiger partial charge in [0.25, 0.3) is 0 Å². The fourth-order valence-corrected chi connectivity index (χ4v) is 3.29. The van der Waals surface area contributed by atoms with Crippen molar-refractivity contribution >= 4 is 15.5 Å². The van der Waals surface area contributed by atoms with E-state index in [4.69, 9.17) is 0 Å². The molecule has 0 heterocycles. The highest BCUT2D eigenvalue weighted by Gasteiger charge is 2.15. The first-order chi connectivity index (χ1) is 9.97. The lowest BCUT2D eigenvalue weighted by atomic mass is 10.2. The van der Waals surface area contributed by atoms with Gasteiger partial charge in [-0.2, -0.15) is 0 Å². The van der Waals surface area contributed by atoms with Crippen LogP contribution < -0.4 is 5.32 Å². The quantitative estimate of drug-likeness (QED) is 0.831.